The van der Waals surface area contributed by atoms with Crippen LogP contribution < -0.4 is 0 Å². The van der Waals surface area contributed by atoms with Gasteiger partial charge in [0.05, 0.1) is 6.10 Å². The molecule has 3 nitrogen and oxygen atoms in total. The molecule has 0 spiro atoms. The fourth-order valence-corrected chi connectivity index (χ4v) is 2.73. The Hall–Kier alpha value is -0.830. The number of hydrogen-bond acceptors (Lipinski definition) is 3. The standard InChI is InChI=1S/C18H32O3/c1-2-3-4-5-6-7-8-9-11-16(19)14-15-17-12-10-13-18(20)21-17/h9,11,16-17,19H,2-8,10,12-15H2,1H3/b11-9-/t16-,17-/m0/s1. The number of aliphatic hydroxyl groups excluding tert-OH is 1. The predicted molar refractivity (Wildman–Crippen MR) is 86.1 cm³/mol. The number of rotatable bonds is 11. The van der Waals surface area contributed by atoms with Gasteiger partial charge in [-0.1, -0.05) is 51.2 Å². The van der Waals surface area contributed by atoms with E-state index in [0.29, 0.717) is 12.8 Å². The fraction of sp³-hybridized carbons (Fsp3) is 0.833. The van der Waals surface area contributed by atoms with Gasteiger partial charge >= 0.3 is 5.97 Å². The highest BCUT2D eigenvalue weighted by molar-refractivity contribution is 5.70. The SMILES string of the molecule is CCCCCCCC/C=C\[C@H](O)CC[C@@H]1CCCC(=O)O1. The van der Waals surface area contributed by atoms with Crippen LogP contribution in [-0.2, 0) is 9.53 Å². The summed E-state index contributed by atoms with van der Waals surface area (Å²) >= 11 is 0. The van der Waals surface area contributed by atoms with Crippen LogP contribution >= 0.6 is 0 Å². The minimum atomic E-state index is -0.397. The summed E-state index contributed by atoms with van der Waals surface area (Å²) in [6.07, 6.45) is 16.4. The molecule has 0 saturated carbocycles. The lowest BCUT2D eigenvalue weighted by Gasteiger charge is -2.22. The predicted octanol–water partition coefficient (Wildman–Crippen LogP) is 4.53. The number of esters is 1. The van der Waals surface area contributed by atoms with Gasteiger partial charge in [-0.15, -0.1) is 0 Å². The molecule has 1 fully saturated rings. The Bertz CT molecular complexity index is 299. The van der Waals surface area contributed by atoms with E-state index in [1.54, 1.807) is 0 Å². The van der Waals surface area contributed by atoms with E-state index < -0.39 is 6.10 Å². The number of cyclic esters (lactones) is 1. The molecule has 3 heteroatoms. The number of allylic oxidation sites excluding steroid dienone is 1. The molecular formula is C18H32O3. The van der Waals surface area contributed by atoms with Gasteiger partial charge in [0.2, 0.25) is 0 Å². The van der Waals surface area contributed by atoms with Crippen molar-refractivity contribution in [3.8, 4) is 0 Å². The molecule has 1 N–H and O–H groups in total. The molecule has 1 saturated heterocycles. The highest BCUT2D eigenvalue weighted by Gasteiger charge is 2.20. The molecule has 0 bridgehead atoms. The second-order valence-corrected chi connectivity index (χ2v) is 6.13. The Morgan fingerprint density at radius 3 is 2.81 bits per heavy atom. The molecule has 0 aromatic rings. The van der Waals surface area contributed by atoms with Gasteiger partial charge in [-0.2, -0.15) is 0 Å². The normalized spacial score (nSPS) is 20.7. The molecule has 0 aliphatic carbocycles. The Labute approximate surface area is 129 Å². The Balaban J connectivity index is 1.98. The lowest BCUT2D eigenvalue weighted by molar-refractivity contribution is -0.154. The van der Waals surface area contributed by atoms with Gasteiger partial charge in [-0.3, -0.25) is 4.79 Å². The van der Waals surface area contributed by atoms with E-state index in [1.165, 1.54) is 38.5 Å². The second kappa shape index (κ2) is 11.8. The minimum absolute atomic E-state index is 0.0212. The van der Waals surface area contributed by atoms with E-state index in [1.807, 2.05) is 6.08 Å². The highest BCUT2D eigenvalue weighted by Crippen LogP contribution is 2.19. The first-order chi connectivity index (χ1) is 10.2. The van der Waals surface area contributed by atoms with Crippen LogP contribution in [0.5, 0.6) is 0 Å². The van der Waals surface area contributed by atoms with E-state index >= 15 is 0 Å². The third-order valence-electron chi connectivity index (χ3n) is 4.07. The average Bonchev–Trinajstić information content (AvgIpc) is 2.48. The molecule has 122 valence electrons. The van der Waals surface area contributed by atoms with Crippen molar-refractivity contribution < 1.29 is 14.6 Å². The zero-order valence-corrected chi connectivity index (χ0v) is 13.6. The molecule has 21 heavy (non-hydrogen) atoms. The van der Waals surface area contributed by atoms with Crippen molar-refractivity contribution in [2.75, 3.05) is 0 Å². The van der Waals surface area contributed by atoms with Crippen molar-refractivity contribution in [1.29, 1.82) is 0 Å². The van der Waals surface area contributed by atoms with E-state index in [-0.39, 0.29) is 12.1 Å². The molecule has 1 aliphatic rings. The zero-order chi connectivity index (χ0) is 15.3. The number of aliphatic hydroxyl groups is 1. The van der Waals surface area contributed by atoms with Crippen LogP contribution in [-0.4, -0.2) is 23.3 Å². The largest absolute Gasteiger partial charge is 0.462 e. The zero-order valence-electron chi connectivity index (χ0n) is 13.6. The van der Waals surface area contributed by atoms with Gasteiger partial charge in [0.25, 0.3) is 0 Å². The van der Waals surface area contributed by atoms with Gasteiger partial charge in [0.1, 0.15) is 6.10 Å². The average molecular weight is 296 g/mol. The lowest BCUT2D eigenvalue weighted by atomic mass is 10.0. The minimum Gasteiger partial charge on any atom is -0.462 e. The van der Waals surface area contributed by atoms with E-state index in [0.717, 1.165) is 25.7 Å². The smallest absolute Gasteiger partial charge is 0.306 e. The molecule has 1 aliphatic heterocycles. The first-order valence-corrected chi connectivity index (χ1v) is 8.76. The number of carbonyl (C=O) groups is 1. The van der Waals surface area contributed by atoms with Crippen molar-refractivity contribution in [1.82, 2.24) is 0 Å². The van der Waals surface area contributed by atoms with Crippen molar-refractivity contribution in [3.63, 3.8) is 0 Å². The van der Waals surface area contributed by atoms with Crippen molar-refractivity contribution in [3.05, 3.63) is 12.2 Å². The monoisotopic (exact) mass is 296 g/mol. The van der Waals surface area contributed by atoms with E-state index in [4.69, 9.17) is 4.74 Å². The Kier molecular flexibility index (Phi) is 10.2. The maximum absolute atomic E-state index is 11.2. The summed E-state index contributed by atoms with van der Waals surface area (Å²) < 4.78 is 5.25. The van der Waals surface area contributed by atoms with Crippen LogP contribution in [0.2, 0.25) is 0 Å². The highest BCUT2D eigenvalue weighted by atomic mass is 16.5. The van der Waals surface area contributed by atoms with Crippen molar-refractivity contribution in [2.45, 2.75) is 96.2 Å². The molecule has 0 aromatic carbocycles. The van der Waals surface area contributed by atoms with Gasteiger partial charge < -0.3 is 9.84 Å². The summed E-state index contributed by atoms with van der Waals surface area (Å²) in [5.41, 5.74) is 0. The number of unbranched alkanes of at least 4 members (excludes halogenated alkanes) is 6. The van der Waals surface area contributed by atoms with Gasteiger partial charge in [-0.25, -0.2) is 0 Å². The summed E-state index contributed by atoms with van der Waals surface area (Å²) in [6.45, 7) is 2.23. The fourth-order valence-electron chi connectivity index (χ4n) is 2.73. The molecule has 0 unspecified atom stereocenters. The van der Waals surface area contributed by atoms with Crippen LogP contribution in [0.3, 0.4) is 0 Å². The summed E-state index contributed by atoms with van der Waals surface area (Å²) in [5.74, 6) is -0.0839. The Morgan fingerprint density at radius 2 is 2.05 bits per heavy atom. The van der Waals surface area contributed by atoms with Gasteiger partial charge in [0, 0.05) is 6.42 Å². The summed E-state index contributed by atoms with van der Waals surface area (Å²) in [4.78, 5) is 11.2. The maximum atomic E-state index is 11.2. The summed E-state index contributed by atoms with van der Waals surface area (Å²) in [7, 11) is 0. The second-order valence-electron chi connectivity index (χ2n) is 6.13. The number of carbonyl (C=O) groups excluding carboxylic acids is 1. The molecule has 1 heterocycles. The van der Waals surface area contributed by atoms with E-state index in [9.17, 15) is 9.90 Å². The maximum Gasteiger partial charge on any atom is 0.306 e. The first kappa shape index (κ1) is 18.2. The van der Waals surface area contributed by atoms with Crippen LogP contribution in [0.1, 0.15) is 84.0 Å². The van der Waals surface area contributed by atoms with Gasteiger partial charge in [-0.05, 0) is 38.5 Å². The van der Waals surface area contributed by atoms with Crippen LogP contribution in [0.15, 0.2) is 12.2 Å². The van der Waals surface area contributed by atoms with Crippen LogP contribution in [0.25, 0.3) is 0 Å². The molecule has 0 amide bonds. The lowest BCUT2D eigenvalue weighted by Crippen LogP contribution is -2.24. The van der Waals surface area contributed by atoms with E-state index in [2.05, 4.69) is 13.0 Å². The number of ether oxygens (including phenoxy) is 1. The molecule has 2 atom stereocenters. The van der Waals surface area contributed by atoms with Gasteiger partial charge in [0.15, 0.2) is 0 Å². The Morgan fingerprint density at radius 1 is 1.29 bits per heavy atom. The van der Waals surface area contributed by atoms with Crippen molar-refractivity contribution >= 4 is 5.97 Å². The third kappa shape index (κ3) is 9.67. The van der Waals surface area contributed by atoms with Crippen LogP contribution in [0.4, 0.5) is 0 Å². The summed E-state index contributed by atoms with van der Waals surface area (Å²) in [5, 5.41) is 9.89. The van der Waals surface area contributed by atoms with Crippen molar-refractivity contribution in [2.24, 2.45) is 0 Å². The quantitative estimate of drug-likeness (QED) is 0.346. The molecular weight excluding hydrogens is 264 g/mol. The third-order valence-corrected chi connectivity index (χ3v) is 4.07. The molecule has 1 rings (SSSR count). The summed E-state index contributed by atoms with van der Waals surface area (Å²) in [6, 6.07) is 0. The topological polar surface area (TPSA) is 46.5 Å². The first-order valence-electron chi connectivity index (χ1n) is 8.76. The van der Waals surface area contributed by atoms with Crippen LogP contribution in [0, 0.1) is 0 Å². The number of hydrogen-bond donors (Lipinski definition) is 1. The molecule has 0 aromatic heterocycles. The molecule has 0 radical (unpaired) electrons.